The standard InChI is InChI=1S/C24H19FN2O3/c1-30-19-12-10-18(11-13-19)27-15-22(20-4-2-3-5-21(20)24(27)29)23(28)26-14-16-6-8-17(25)9-7-16/h2-13,15H,14H2,1H3,(H,26,28). The van der Waals surface area contributed by atoms with Crippen molar-refractivity contribution in [2.45, 2.75) is 6.54 Å². The fourth-order valence-corrected chi connectivity index (χ4v) is 3.29. The van der Waals surface area contributed by atoms with E-state index >= 15 is 0 Å². The zero-order valence-electron chi connectivity index (χ0n) is 16.3. The first kappa shape index (κ1) is 19.4. The van der Waals surface area contributed by atoms with Crippen LogP contribution < -0.4 is 15.6 Å². The lowest BCUT2D eigenvalue weighted by Crippen LogP contribution is -2.27. The van der Waals surface area contributed by atoms with Gasteiger partial charge in [0.15, 0.2) is 0 Å². The third kappa shape index (κ3) is 3.80. The molecule has 0 aliphatic carbocycles. The molecule has 1 heterocycles. The summed E-state index contributed by atoms with van der Waals surface area (Å²) in [6.07, 6.45) is 1.55. The number of amides is 1. The van der Waals surface area contributed by atoms with Gasteiger partial charge < -0.3 is 10.1 Å². The second-order valence-corrected chi connectivity index (χ2v) is 6.77. The topological polar surface area (TPSA) is 60.3 Å². The zero-order chi connectivity index (χ0) is 21.1. The fourth-order valence-electron chi connectivity index (χ4n) is 3.29. The number of nitrogens with zero attached hydrogens (tertiary/aromatic N) is 1. The van der Waals surface area contributed by atoms with Crippen LogP contribution in [0, 0.1) is 5.82 Å². The lowest BCUT2D eigenvalue weighted by atomic mass is 10.1. The molecule has 0 fully saturated rings. The third-order valence-corrected chi connectivity index (χ3v) is 4.89. The Labute approximate surface area is 172 Å². The molecule has 0 saturated heterocycles. The Morgan fingerprint density at radius 1 is 0.967 bits per heavy atom. The molecular weight excluding hydrogens is 383 g/mol. The zero-order valence-corrected chi connectivity index (χ0v) is 16.3. The van der Waals surface area contributed by atoms with E-state index in [-0.39, 0.29) is 23.8 Å². The highest BCUT2D eigenvalue weighted by Gasteiger charge is 2.15. The molecule has 0 bridgehead atoms. The van der Waals surface area contributed by atoms with E-state index in [1.807, 2.05) is 0 Å². The van der Waals surface area contributed by atoms with E-state index in [0.717, 1.165) is 5.56 Å². The van der Waals surface area contributed by atoms with Gasteiger partial charge in [-0.25, -0.2) is 4.39 Å². The first-order chi connectivity index (χ1) is 14.6. The Hall–Kier alpha value is -3.93. The van der Waals surface area contributed by atoms with Crippen molar-refractivity contribution in [1.29, 1.82) is 0 Å². The van der Waals surface area contributed by atoms with Crippen molar-refractivity contribution in [2.75, 3.05) is 7.11 Å². The monoisotopic (exact) mass is 402 g/mol. The molecule has 30 heavy (non-hydrogen) atoms. The summed E-state index contributed by atoms with van der Waals surface area (Å²) in [6.45, 7) is 0.245. The van der Waals surface area contributed by atoms with E-state index in [4.69, 9.17) is 4.74 Å². The number of hydrogen-bond acceptors (Lipinski definition) is 3. The first-order valence-corrected chi connectivity index (χ1v) is 9.38. The summed E-state index contributed by atoms with van der Waals surface area (Å²) in [5.41, 5.74) is 1.56. The number of carbonyl (C=O) groups is 1. The smallest absolute Gasteiger partial charge is 0.262 e. The van der Waals surface area contributed by atoms with Gasteiger partial charge in [-0.3, -0.25) is 14.2 Å². The van der Waals surface area contributed by atoms with Gasteiger partial charge in [0.1, 0.15) is 11.6 Å². The maximum atomic E-state index is 13.1. The maximum absolute atomic E-state index is 13.1. The van der Waals surface area contributed by atoms with Crippen molar-refractivity contribution in [1.82, 2.24) is 9.88 Å². The Morgan fingerprint density at radius 3 is 2.30 bits per heavy atom. The Kier molecular flexibility index (Phi) is 5.30. The molecule has 0 unspecified atom stereocenters. The summed E-state index contributed by atoms with van der Waals surface area (Å²) in [4.78, 5) is 26.0. The molecule has 4 aromatic rings. The predicted molar refractivity (Wildman–Crippen MR) is 114 cm³/mol. The minimum absolute atomic E-state index is 0.217. The molecule has 0 spiro atoms. The molecule has 150 valence electrons. The van der Waals surface area contributed by atoms with Crippen molar-refractivity contribution < 1.29 is 13.9 Å². The van der Waals surface area contributed by atoms with Gasteiger partial charge in [-0.1, -0.05) is 30.3 Å². The molecule has 1 N–H and O–H groups in total. The summed E-state index contributed by atoms with van der Waals surface area (Å²) in [5, 5.41) is 3.87. The Bertz CT molecular complexity index is 1260. The second-order valence-electron chi connectivity index (χ2n) is 6.77. The predicted octanol–water partition coefficient (Wildman–Crippen LogP) is 4.07. The molecule has 0 aliphatic rings. The molecule has 1 aromatic heterocycles. The van der Waals surface area contributed by atoms with Gasteiger partial charge in [0.2, 0.25) is 0 Å². The van der Waals surface area contributed by atoms with Crippen molar-refractivity contribution >= 4 is 16.7 Å². The molecule has 3 aromatic carbocycles. The molecular formula is C24H19FN2O3. The van der Waals surface area contributed by atoms with Crippen LogP contribution >= 0.6 is 0 Å². The number of fused-ring (bicyclic) bond motifs is 1. The Balaban J connectivity index is 1.74. The molecule has 0 saturated carbocycles. The van der Waals surface area contributed by atoms with E-state index in [2.05, 4.69) is 5.32 Å². The average molecular weight is 402 g/mol. The van der Waals surface area contributed by atoms with Crippen LogP contribution in [-0.2, 0) is 6.54 Å². The third-order valence-electron chi connectivity index (χ3n) is 4.89. The van der Waals surface area contributed by atoms with E-state index in [0.29, 0.717) is 27.8 Å². The normalized spacial score (nSPS) is 10.7. The molecule has 0 atom stereocenters. The number of pyridine rings is 1. The quantitative estimate of drug-likeness (QED) is 0.548. The van der Waals surface area contributed by atoms with Gasteiger partial charge in [0, 0.05) is 29.2 Å². The highest BCUT2D eigenvalue weighted by Crippen LogP contribution is 2.19. The SMILES string of the molecule is COc1ccc(-n2cc(C(=O)NCc3ccc(F)cc3)c3ccccc3c2=O)cc1. The number of aromatic nitrogens is 1. The largest absolute Gasteiger partial charge is 0.497 e. The van der Waals surface area contributed by atoms with E-state index in [1.54, 1.807) is 74.0 Å². The maximum Gasteiger partial charge on any atom is 0.262 e. The number of halogens is 1. The molecule has 5 nitrogen and oxygen atoms in total. The van der Waals surface area contributed by atoms with Crippen molar-refractivity contribution in [2.24, 2.45) is 0 Å². The molecule has 4 rings (SSSR count). The van der Waals surface area contributed by atoms with Gasteiger partial charge >= 0.3 is 0 Å². The van der Waals surface area contributed by atoms with Crippen molar-refractivity contribution in [3.8, 4) is 11.4 Å². The van der Waals surface area contributed by atoms with Gasteiger partial charge in [-0.15, -0.1) is 0 Å². The summed E-state index contributed by atoms with van der Waals surface area (Å²) >= 11 is 0. The van der Waals surface area contributed by atoms with Gasteiger partial charge in [0.05, 0.1) is 12.7 Å². The van der Waals surface area contributed by atoms with E-state index < -0.39 is 0 Å². The highest BCUT2D eigenvalue weighted by molar-refractivity contribution is 6.06. The van der Waals surface area contributed by atoms with Crippen molar-refractivity contribution in [3.63, 3.8) is 0 Å². The lowest BCUT2D eigenvalue weighted by Gasteiger charge is -2.13. The molecule has 1 amide bonds. The number of benzene rings is 3. The lowest BCUT2D eigenvalue weighted by molar-refractivity contribution is 0.0952. The number of carbonyl (C=O) groups excluding carboxylic acids is 1. The van der Waals surface area contributed by atoms with Gasteiger partial charge in [0.25, 0.3) is 11.5 Å². The van der Waals surface area contributed by atoms with Crippen molar-refractivity contribution in [3.05, 3.63) is 106 Å². The van der Waals surface area contributed by atoms with Crippen LogP contribution in [0.1, 0.15) is 15.9 Å². The summed E-state index contributed by atoms with van der Waals surface area (Å²) in [5.74, 6) is 0.0188. The van der Waals surface area contributed by atoms with Crippen LogP contribution in [0.3, 0.4) is 0 Å². The van der Waals surface area contributed by atoms with Crippen LogP contribution in [0.2, 0.25) is 0 Å². The molecule has 0 radical (unpaired) electrons. The van der Waals surface area contributed by atoms with Gasteiger partial charge in [-0.2, -0.15) is 0 Å². The summed E-state index contributed by atoms with van der Waals surface area (Å²) in [7, 11) is 1.57. The van der Waals surface area contributed by atoms with Crippen LogP contribution in [0.15, 0.2) is 83.8 Å². The average Bonchev–Trinajstić information content (AvgIpc) is 2.79. The number of methoxy groups -OCH3 is 1. The second kappa shape index (κ2) is 8.21. The number of rotatable bonds is 5. The molecule has 6 heteroatoms. The summed E-state index contributed by atoms with van der Waals surface area (Å²) < 4.78 is 19.7. The number of ether oxygens (including phenoxy) is 1. The van der Waals surface area contributed by atoms with Crippen LogP contribution in [-0.4, -0.2) is 17.6 Å². The first-order valence-electron chi connectivity index (χ1n) is 9.38. The van der Waals surface area contributed by atoms with Crippen LogP contribution in [0.5, 0.6) is 5.75 Å². The number of nitrogens with one attached hydrogen (secondary N) is 1. The minimum Gasteiger partial charge on any atom is -0.497 e. The Morgan fingerprint density at radius 2 is 1.63 bits per heavy atom. The summed E-state index contributed by atoms with van der Waals surface area (Å²) in [6, 6.07) is 20.0. The van der Waals surface area contributed by atoms with E-state index in [1.165, 1.54) is 16.7 Å². The number of hydrogen-bond donors (Lipinski definition) is 1. The molecule has 0 aliphatic heterocycles. The van der Waals surface area contributed by atoms with E-state index in [9.17, 15) is 14.0 Å². The minimum atomic E-state index is -0.331. The highest BCUT2D eigenvalue weighted by atomic mass is 19.1. The van der Waals surface area contributed by atoms with Crippen LogP contribution in [0.4, 0.5) is 4.39 Å². The van der Waals surface area contributed by atoms with Crippen LogP contribution in [0.25, 0.3) is 16.5 Å². The van der Waals surface area contributed by atoms with Gasteiger partial charge in [-0.05, 0) is 48.0 Å². The fraction of sp³-hybridized carbons (Fsp3) is 0.0833.